The van der Waals surface area contributed by atoms with Crippen molar-refractivity contribution in [2.45, 2.75) is 89.9 Å². The van der Waals surface area contributed by atoms with Gasteiger partial charge in [-0.1, -0.05) is 24.2 Å². The highest BCUT2D eigenvalue weighted by atomic mass is 35.5. The lowest BCUT2D eigenvalue weighted by Gasteiger charge is -2.33. The van der Waals surface area contributed by atoms with Gasteiger partial charge in [0, 0.05) is 49.6 Å². The smallest absolute Gasteiger partial charge is 0.126 e. The summed E-state index contributed by atoms with van der Waals surface area (Å²) in [5.41, 5.74) is 0.632. The van der Waals surface area contributed by atoms with Crippen LogP contribution in [0.3, 0.4) is 0 Å². The summed E-state index contributed by atoms with van der Waals surface area (Å²) in [7, 11) is 0. The number of anilines is 2. The first-order chi connectivity index (χ1) is 20.6. The number of nitriles is 1. The molecule has 4 rings (SSSR count). The number of ether oxygens (including phenoxy) is 3. The molecule has 0 spiro atoms. The number of hydrogen-bond acceptors (Lipinski definition) is 9. The molecule has 1 aliphatic heterocycles. The van der Waals surface area contributed by atoms with Gasteiger partial charge in [0.2, 0.25) is 0 Å². The van der Waals surface area contributed by atoms with E-state index in [0.717, 1.165) is 55.6 Å². The summed E-state index contributed by atoms with van der Waals surface area (Å²) in [6, 6.07) is 11.3. The Morgan fingerprint density at radius 3 is 2.63 bits per heavy atom. The van der Waals surface area contributed by atoms with E-state index in [4.69, 9.17) is 30.8 Å². The van der Waals surface area contributed by atoms with Gasteiger partial charge in [-0.2, -0.15) is 5.26 Å². The number of hydrogen-bond donors (Lipinski definition) is 3. The van der Waals surface area contributed by atoms with E-state index in [0.29, 0.717) is 61.7 Å². The van der Waals surface area contributed by atoms with Gasteiger partial charge in [0.05, 0.1) is 35.4 Å². The Kier molecular flexibility index (Phi) is 11.7. The normalized spacial score (nSPS) is 20.9. The maximum atomic E-state index is 9.77. The monoisotopic (exact) mass is 610 g/mol. The second-order valence-electron chi connectivity index (χ2n) is 12.3. The molecule has 10 heteroatoms. The zero-order valence-corrected chi connectivity index (χ0v) is 26.8. The third-order valence-corrected chi connectivity index (χ3v) is 8.76. The fourth-order valence-corrected chi connectivity index (χ4v) is 5.77. The Bertz CT molecular complexity index is 1250. The second kappa shape index (κ2) is 15.2. The molecule has 3 heterocycles. The molecule has 2 aromatic rings. The van der Waals surface area contributed by atoms with Crippen LogP contribution in [0.5, 0.6) is 0 Å². The molecule has 9 nitrogen and oxygen atoms in total. The summed E-state index contributed by atoms with van der Waals surface area (Å²) in [5, 5.41) is 21.0. The van der Waals surface area contributed by atoms with Gasteiger partial charge >= 0.3 is 0 Å². The number of nitrogens with one attached hydrogen (secondary N) is 3. The van der Waals surface area contributed by atoms with Crippen LogP contribution < -0.4 is 16.0 Å². The number of rotatable bonds is 14. The highest BCUT2D eigenvalue weighted by Gasteiger charge is 2.32. The quantitative estimate of drug-likeness (QED) is 0.204. The van der Waals surface area contributed by atoms with Crippen molar-refractivity contribution in [1.82, 2.24) is 15.3 Å². The Balaban J connectivity index is 1.28. The van der Waals surface area contributed by atoms with Crippen LogP contribution in [-0.4, -0.2) is 66.7 Å². The molecule has 0 bridgehead atoms. The van der Waals surface area contributed by atoms with Crippen LogP contribution in [0.15, 0.2) is 42.8 Å². The molecular formula is C33H47ClN6O3. The molecule has 2 aromatic heterocycles. The third kappa shape index (κ3) is 9.29. The van der Waals surface area contributed by atoms with E-state index in [2.05, 4.69) is 40.5 Å². The van der Waals surface area contributed by atoms with Crippen LogP contribution in [0.2, 0.25) is 5.02 Å². The first kappa shape index (κ1) is 33.0. The SMILES string of the molecule is C=C(OCC)C(C)(C)OC[C@@H](C)NC1CCC(Nc2cc(-c3cccc(NCC4(C#N)CCOCC4)n3)c(Cl)cn2)CC1. The van der Waals surface area contributed by atoms with Crippen LogP contribution >= 0.6 is 11.6 Å². The van der Waals surface area contributed by atoms with Gasteiger partial charge in [0.25, 0.3) is 0 Å². The van der Waals surface area contributed by atoms with E-state index in [1.807, 2.05) is 45.0 Å². The highest BCUT2D eigenvalue weighted by Crippen LogP contribution is 2.32. The van der Waals surface area contributed by atoms with Crippen molar-refractivity contribution in [1.29, 1.82) is 5.26 Å². The van der Waals surface area contributed by atoms with Gasteiger partial charge in [-0.25, -0.2) is 9.97 Å². The van der Waals surface area contributed by atoms with Crippen molar-refractivity contribution < 1.29 is 14.2 Å². The minimum absolute atomic E-state index is 0.226. The number of pyridine rings is 2. The molecule has 1 saturated carbocycles. The van der Waals surface area contributed by atoms with E-state index < -0.39 is 11.0 Å². The molecule has 2 fully saturated rings. The molecule has 0 unspecified atom stereocenters. The summed E-state index contributed by atoms with van der Waals surface area (Å²) in [6.45, 7) is 15.0. The van der Waals surface area contributed by atoms with Crippen LogP contribution in [0.4, 0.5) is 11.6 Å². The summed E-state index contributed by atoms with van der Waals surface area (Å²) < 4.78 is 17.1. The Labute approximate surface area is 261 Å². The molecule has 1 saturated heterocycles. The fourth-order valence-electron chi connectivity index (χ4n) is 5.57. The fraction of sp³-hybridized carbons (Fsp3) is 0.606. The van der Waals surface area contributed by atoms with Gasteiger partial charge in [-0.3, -0.25) is 0 Å². The van der Waals surface area contributed by atoms with Crippen molar-refractivity contribution in [3.63, 3.8) is 0 Å². The summed E-state index contributed by atoms with van der Waals surface area (Å²) in [5.74, 6) is 2.17. The first-order valence-corrected chi connectivity index (χ1v) is 15.9. The zero-order chi connectivity index (χ0) is 30.9. The summed E-state index contributed by atoms with van der Waals surface area (Å²) >= 11 is 6.59. The molecule has 1 atom stereocenters. The van der Waals surface area contributed by atoms with E-state index in [1.165, 1.54) is 0 Å². The summed E-state index contributed by atoms with van der Waals surface area (Å²) in [4.78, 5) is 9.36. The van der Waals surface area contributed by atoms with Crippen molar-refractivity contribution in [3.05, 3.63) is 47.8 Å². The van der Waals surface area contributed by atoms with Crippen molar-refractivity contribution in [2.24, 2.45) is 5.41 Å². The van der Waals surface area contributed by atoms with Crippen molar-refractivity contribution in [2.75, 3.05) is 43.6 Å². The van der Waals surface area contributed by atoms with E-state index >= 15 is 0 Å². The number of aromatic nitrogens is 2. The Hall–Kier alpha value is -2.90. The average molecular weight is 611 g/mol. The lowest BCUT2D eigenvalue weighted by molar-refractivity contribution is -0.0379. The minimum atomic E-state index is -0.518. The predicted octanol–water partition coefficient (Wildman–Crippen LogP) is 6.58. The van der Waals surface area contributed by atoms with Crippen molar-refractivity contribution >= 4 is 23.2 Å². The van der Waals surface area contributed by atoms with E-state index in [1.54, 1.807) is 6.20 Å². The lowest BCUT2D eigenvalue weighted by Crippen LogP contribution is -2.44. The molecule has 1 aliphatic carbocycles. The molecule has 3 N–H and O–H groups in total. The zero-order valence-electron chi connectivity index (χ0n) is 26.0. The van der Waals surface area contributed by atoms with Crippen LogP contribution in [0.1, 0.15) is 66.2 Å². The topological polar surface area (TPSA) is 113 Å². The maximum absolute atomic E-state index is 9.77. The van der Waals surface area contributed by atoms with E-state index in [-0.39, 0.29) is 6.04 Å². The lowest BCUT2D eigenvalue weighted by atomic mass is 9.82. The molecule has 234 valence electrons. The third-order valence-electron chi connectivity index (χ3n) is 8.46. The van der Waals surface area contributed by atoms with Gasteiger partial charge in [0.15, 0.2) is 0 Å². The van der Waals surface area contributed by atoms with Crippen LogP contribution in [0, 0.1) is 16.7 Å². The van der Waals surface area contributed by atoms with Crippen LogP contribution in [-0.2, 0) is 14.2 Å². The minimum Gasteiger partial charge on any atom is -0.496 e. The Morgan fingerprint density at radius 1 is 1.21 bits per heavy atom. The van der Waals surface area contributed by atoms with Crippen molar-refractivity contribution in [3.8, 4) is 17.3 Å². The number of nitrogens with zero attached hydrogens (tertiary/aromatic N) is 3. The average Bonchev–Trinajstić information content (AvgIpc) is 3.02. The molecule has 2 aliphatic rings. The maximum Gasteiger partial charge on any atom is 0.126 e. The standard InChI is InChI=1S/C33H47ClN6O3/c1-6-42-24(3)32(4,5)43-20-23(2)38-25-10-12-26(13-11-25)39-31-18-27(28(34)19-36-31)29-8-7-9-30(40-29)37-22-33(21-35)14-16-41-17-15-33/h7-9,18-19,23,25-26,38H,3,6,10-17,20,22H2,1-2,4-5H3,(H,36,39)(H,37,40)/t23-,25?,26?/m1/s1. The van der Waals surface area contributed by atoms with Crippen LogP contribution in [0.25, 0.3) is 11.3 Å². The first-order valence-electron chi connectivity index (χ1n) is 15.5. The molecule has 0 amide bonds. The Morgan fingerprint density at radius 2 is 1.93 bits per heavy atom. The highest BCUT2D eigenvalue weighted by molar-refractivity contribution is 6.33. The van der Waals surface area contributed by atoms with Gasteiger partial charge in [0.1, 0.15) is 23.0 Å². The largest absolute Gasteiger partial charge is 0.496 e. The predicted molar refractivity (Wildman–Crippen MR) is 172 cm³/mol. The summed E-state index contributed by atoms with van der Waals surface area (Å²) in [6.07, 6.45) is 7.35. The number of halogens is 1. The molecule has 0 aromatic carbocycles. The van der Waals surface area contributed by atoms with Gasteiger partial charge in [-0.15, -0.1) is 0 Å². The van der Waals surface area contributed by atoms with Gasteiger partial charge in [-0.05, 0) is 84.4 Å². The molecular weight excluding hydrogens is 564 g/mol. The van der Waals surface area contributed by atoms with Gasteiger partial charge < -0.3 is 30.2 Å². The molecule has 0 radical (unpaired) electrons. The molecule has 43 heavy (non-hydrogen) atoms. The van der Waals surface area contributed by atoms with E-state index in [9.17, 15) is 5.26 Å². The second-order valence-corrected chi connectivity index (χ2v) is 12.7.